The molecule has 0 fully saturated rings. The molecule has 3 heteroatoms. The highest BCUT2D eigenvalue weighted by Crippen LogP contribution is 2.34. The molecule has 3 nitrogen and oxygen atoms in total. The summed E-state index contributed by atoms with van der Waals surface area (Å²) >= 11 is 0. The molecule has 2 aromatic carbocycles. The van der Waals surface area contributed by atoms with Crippen molar-refractivity contribution >= 4 is 11.4 Å². The van der Waals surface area contributed by atoms with Crippen molar-refractivity contribution in [1.29, 1.82) is 0 Å². The number of aryl methyl sites for hydroxylation is 1. The maximum Gasteiger partial charge on any atom is 0.142 e. The molecule has 98 valence electrons. The quantitative estimate of drug-likeness (QED) is 0.837. The van der Waals surface area contributed by atoms with E-state index in [2.05, 4.69) is 36.1 Å². The van der Waals surface area contributed by atoms with Gasteiger partial charge < -0.3 is 15.4 Å². The van der Waals surface area contributed by atoms with E-state index in [1.54, 1.807) is 0 Å². The SMILES string of the molecule is Cc1ccccc1CN1CCOc2ccc(N)cc21. The molecule has 0 saturated heterocycles. The van der Waals surface area contributed by atoms with Gasteiger partial charge in [0.2, 0.25) is 0 Å². The fourth-order valence-corrected chi connectivity index (χ4v) is 2.45. The Balaban J connectivity index is 1.92. The Hall–Kier alpha value is -2.16. The maximum absolute atomic E-state index is 5.89. The number of nitrogens with two attached hydrogens (primary N) is 1. The van der Waals surface area contributed by atoms with Crippen molar-refractivity contribution < 1.29 is 4.74 Å². The summed E-state index contributed by atoms with van der Waals surface area (Å²) in [6.45, 7) is 4.66. The number of nitrogens with zero attached hydrogens (tertiary/aromatic N) is 1. The number of fused-ring (bicyclic) bond motifs is 1. The lowest BCUT2D eigenvalue weighted by atomic mass is 10.1. The number of ether oxygens (including phenoxy) is 1. The second-order valence-electron chi connectivity index (χ2n) is 4.92. The predicted octanol–water partition coefficient (Wildman–Crippen LogP) is 2.98. The zero-order valence-corrected chi connectivity index (χ0v) is 11.1. The van der Waals surface area contributed by atoms with Crippen LogP contribution in [-0.2, 0) is 6.54 Å². The number of hydrogen-bond donors (Lipinski definition) is 1. The summed E-state index contributed by atoms with van der Waals surface area (Å²) < 4.78 is 5.68. The Morgan fingerprint density at radius 3 is 2.89 bits per heavy atom. The van der Waals surface area contributed by atoms with Gasteiger partial charge in [-0.1, -0.05) is 24.3 Å². The van der Waals surface area contributed by atoms with Gasteiger partial charge in [0.15, 0.2) is 0 Å². The molecule has 0 aromatic heterocycles. The maximum atomic E-state index is 5.89. The minimum Gasteiger partial charge on any atom is -0.490 e. The molecular formula is C16H18N2O. The lowest BCUT2D eigenvalue weighted by Gasteiger charge is -2.32. The lowest BCUT2D eigenvalue weighted by Crippen LogP contribution is -2.32. The highest BCUT2D eigenvalue weighted by Gasteiger charge is 2.18. The molecule has 19 heavy (non-hydrogen) atoms. The van der Waals surface area contributed by atoms with Crippen molar-refractivity contribution in [2.45, 2.75) is 13.5 Å². The topological polar surface area (TPSA) is 38.5 Å². The number of hydrogen-bond acceptors (Lipinski definition) is 3. The molecule has 0 aliphatic carbocycles. The molecule has 0 atom stereocenters. The Morgan fingerprint density at radius 2 is 2.05 bits per heavy atom. The molecule has 1 aliphatic rings. The minimum absolute atomic E-state index is 0.725. The molecule has 3 rings (SSSR count). The third kappa shape index (κ3) is 2.36. The number of rotatable bonds is 2. The van der Waals surface area contributed by atoms with E-state index in [4.69, 9.17) is 10.5 Å². The Kier molecular flexibility index (Phi) is 3.03. The van der Waals surface area contributed by atoms with Crippen molar-refractivity contribution in [3.05, 3.63) is 53.6 Å². The van der Waals surface area contributed by atoms with Gasteiger partial charge in [-0.2, -0.15) is 0 Å². The minimum atomic E-state index is 0.725. The van der Waals surface area contributed by atoms with Crippen molar-refractivity contribution in [3.8, 4) is 5.75 Å². The van der Waals surface area contributed by atoms with E-state index >= 15 is 0 Å². The zero-order valence-electron chi connectivity index (χ0n) is 11.1. The summed E-state index contributed by atoms with van der Waals surface area (Å²) in [5, 5.41) is 0. The molecule has 0 bridgehead atoms. The van der Waals surface area contributed by atoms with Crippen molar-refractivity contribution in [2.75, 3.05) is 23.8 Å². The van der Waals surface area contributed by atoms with Crippen LogP contribution in [0.4, 0.5) is 11.4 Å². The molecule has 1 aliphatic heterocycles. The van der Waals surface area contributed by atoms with Gasteiger partial charge in [-0.25, -0.2) is 0 Å². The Bertz CT molecular complexity index is 595. The Labute approximate surface area is 113 Å². The van der Waals surface area contributed by atoms with E-state index in [1.165, 1.54) is 11.1 Å². The first-order chi connectivity index (χ1) is 9.24. The molecule has 2 N–H and O–H groups in total. The third-order valence-electron chi connectivity index (χ3n) is 3.56. The van der Waals surface area contributed by atoms with Crippen LogP contribution in [0.2, 0.25) is 0 Å². The van der Waals surface area contributed by atoms with Crippen LogP contribution in [0.1, 0.15) is 11.1 Å². The number of anilines is 2. The second-order valence-corrected chi connectivity index (χ2v) is 4.92. The average Bonchev–Trinajstić information content (AvgIpc) is 2.42. The Morgan fingerprint density at radius 1 is 1.21 bits per heavy atom. The third-order valence-corrected chi connectivity index (χ3v) is 3.56. The summed E-state index contributed by atoms with van der Waals surface area (Å²) in [5.41, 5.74) is 10.4. The van der Waals surface area contributed by atoms with Crippen LogP contribution >= 0.6 is 0 Å². The molecule has 0 unspecified atom stereocenters. The highest BCUT2D eigenvalue weighted by molar-refractivity contribution is 5.66. The molecule has 0 amide bonds. The van der Waals surface area contributed by atoms with Gasteiger partial charge in [-0.05, 0) is 36.2 Å². The van der Waals surface area contributed by atoms with Crippen LogP contribution in [0.25, 0.3) is 0 Å². The highest BCUT2D eigenvalue weighted by atomic mass is 16.5. The van der Waals surface area contributed by atoms with Crippen LogP contribution < -0.4 is 15.4 Å². The largest absolute Gasteiger partial charge is 0.490 e. The van der Waals surface area contributed by atoms with Crippen LogP contribution in [0.15, 0.2) is 42.5 Å². The van der Waals surface area contributed by atoms with E-state index in [0.29, 0.717) is 0 Å². The van der Waals surface area contributed by atoms with E-state index in [-0.39, 0.29) is 0 Å². The van der Waals surface area contributed by atoms with Gasteiger partial charge in [0.05, 0.1) is 12.2 Å². The predicted molar refractivity (Wildman–Crippen MR) is 78.6 cm³/mol. The summed E-state index contributed by atoms with van der Waals surface area (Å²) in [7, 11) is 0. The molecule has 2 aromatic rings. The summed E-state index contributed by atoms with van der Waals surface area (Å²) in [4.78, 5) is 2.33. The van der Waals surface area contributed by atoms with Gasteiger partial charge in [-0.15, -0.1) is 0 Å². The van der Waals surface area contributed by atoms with Crippen molar-refractivity contribution in [1.82, 2.24) is 0 Å². The van der Waals surface area contributed by atoms with E-state index in [0.717, 1.165) is 36.8 Å². The molecule has 0 spiro atoms. The van der Waals surface area contributed by atoms with E-state index in [9.17, 15) is 0 Å². The van der Waals surface area contributed by atoms with Crippen molar-refractivity contribution in [2.24, 2.45) is 0 Å². The summed E-state index contributed by atoms with van der Waals surface area (Å²) in [5.74, 6) is 0.925. The second kappa shape index (κ2) is 4.84. The molecular weight excluding hydrogens is 236 g/mol. The van der Waals surface area contributed by atoms with Crippen LogP contribution in [-0.4, -0.2) is 13.2 Å². The van der Waals surface area contributed by atoms with E-state index < -0.39 is 0 Å². The standard InChI is InChI=1S/C16H18N2O/c1-12-4-2-3-5-13(12)11-18-8-9-19-16-7-6-14(17)10-15(16)18/h2-7,10H,8-9,11,17H2,1H3. The molecule has 0 saturated carbocycles. The first-order valence-electron chi connectivity index (χ1n) is 6.56. The fourth-order valence-electron chi connectivity index (χ4n) is 2.45. The first-order valence-corrected chi connectivity index (χ1v) is 6.56. The van der Waals surface area contributed by atoms with Crippen LogP contribution in [0.3, 0.4) is 0 Å². The van der Waals surface area contributed by atoms with Gasteiger partial charge in [0, 0.05) is 12.2 Å². The lowest BCUT2D eigenvalue weighted by molar-refractivity contribution is 0.307. The number of nitrogen functional groups attached to an aromatic ring is 1. The fraction of sp³-hybridized carbons (Fsp3) is 0.250. The average molecular weight is 254 g/mol. The molecule has 0 radical (unpaired) electrons. The smallest absolute Gasteiger partial charge is 0.142 e. The number of benzene rings is 2. The molecule has 1 heterocycles. The van der Waals surface area contributed by atoms with E-state index in [1.807, 2.05) is 18.2 Å². The first kappa shape index (κ1) is 11.9. The van der Waals surface area contributed by atoms with Crippen molar-refractivity contribution in [3.63, 3.8) is 0 Å². The van der Waals surface area contributed by atoms with Gasteiger partial charge >= 0.3 is 0 Å². The summed E-state index contributed by atoms with van der Waals surface area (Å²) in [6.07, 6.45) is 0. The van der Waals surface area contributed by atoms with Gasteiger partial charge in [-0.3, -0.25) is 0 Å². The van der Waals surface area contributed by atoms with Crippen LogP contribution in [0, 0.1) is 6.92 Å². The summed E-state index contributed by atoms with van der Waals surface area (Å²) in [6, 6.07) is 14.3. The normalized spacial score (nSPS) is 13.8. The monoisotopic (exact) mass is 254 g/mol. The van der Waals surface area contributed by atoms with Gasteiger partial charge in [0.25, 0.3) is 0 Å². The zero-order chi connectivity index (χ0) is 13.2. The van der Waals surface area contributed by atoms with Gasteiger partial charge in [0.1, 0.15) is 12.4 Å². The van der Waals surface area contributed by atoms with Crippen LogP contribution in [0.5, 0.6) is 5.75 Å².